The fourth-order valence-electron chi connectivity index (χ4n) is 4.07. The highest BCUT2D eigenvalue weighted by Crippen LogP contribution is 2.42. The molecule has 0 aliphatic heterocycles. The molecule has 0 saturated carbocycles. The molecule has 240 valence electrons. The van der Waals surface area contributed by atoms with Crippen molar-refractivity contribution < 1.29 is 31.1 Å². The Kier molecular flexibility index (Phi) is 9.88. The molecule has 0 atom stereocenters. The molecular weight excluding hydrogens is 628 g/mol. The number of ether oxygens (including phenoxy) is 1. The van der Waals surface area contributed by atoms with Crippen molar-refractivity contribution in [3.05, 3.63) is 76.9 Å². The number of halogens is 3. The monoisotopic (exact) mass is 661 g/mol. The summed E-state index contributed by atoms with van der Waals surface area (Å²) in [5.41, 5.74) is -0.785. The van der Waals surface area contributed by atoms with Crippen LogP contribution in [0.1, 0.15) is 58.8 Å². The van der Waals surface area contributed by atoms with Gasteiger partial charge in [-0.2, -0.15) is 0 Å². The van der Waals surface area contributed by atoms with E-state index in [9.17, 15) is 22.0 Å². The number of aryl methyl sites for hydroxylation is 1. The molecule has 0 saturated heterocycles. The van der Waals surface area contributed by atoms with Crippen LogP contribution in [0, 0.1) is 17.5 Å². The first-order chi connectivity index (χ1) is 20.9. The summed E-state index contributed by atoms with van der Waals surface area (Å²) < 4.78 is 77.1. The fourth-order valence-corrected chi connectivity index (χ4v) is 6.33. The van der Waals surface area contributed by atoms with Gasteiger partial charge in [0, 0.05) is 30.1 Å². The zero-order valence-electron chi connectivity index (χ0n) is 25.7. The minimum absolute atomic E-state index is 0.0154. The fraction of sp³-hybridized carbons (Fsp3) is 0.355. The normalized spacial score (nSPS) is 12.2. The number of hydrogen-bond donors (Lipinski definition) is 2. The minimum atomic E-state index is -4.68. The van der Waals surface area contributed by atoms with E-state index < -0.39 is 55.2 Å². The van der Waals surface area contributed by atoms with Crippen LogP contribution < -0.4 is 10.0 Å². The summed E-state index contributed by atoms with van der Waals surface area (Å²) in [7, 11) is -4.68. The number of thiazole rings is 1. The largest absolute Gasteiger partial charge is 0.444 e. The maximum absolute atomic E-state index is 16.0. The molecule has 0 fully saturated rings. The van der Waals surface area contributed by atoms with Crippen LogP contribution in [0.2, 0.25) is 0 Å². The minimum Gasteiger partial charge on any atom is -0.444 e. The molecule has 2 heterocycles. The van der Waals surface area contributed by atoms with Gasteiger partial charge in [0.1, 0.15) is 28.0 Å². The zero-order valence-corrected chi connectivity index (χ0v) is 27.3. The lowest BCUT2D eigenvalue weighted by Gasteiger charge is -2.19. The van der Waals surface area contributed by atoms with Crippen molar-refractivity contribution in [1.82, 2.24) is 20.3 Å². The SMILES string of the molecule is CC(C)(C)OC(=O)NCCCc1nccc(-c2sc(C(C)(C)C)nc2-c2cccc(NS(=O)(=O)c3cc(F)ccc3F)c2F)n1. The molecule has 0 unspecified atom stereocenters. The van der Waals surface area contributed by atoms with Gasteiger partial charge >= 0.3 is 6.09 Å². The standard InChI is InChI=1S/C31H34F3N5O4S2/c1-30(2,3)28-38-26(19-9-7-10-21(25(19)34)39-45(41,42)23-17-18(32)12-13-20(23)33)27(44-28)22-14-16-35-24(37-22)11-8-15-36-29(40)43-31(4,5)6/h7,9-10,12-14,16-17,39H,8,11,15H2,1-6H3,(H,36,40). The van der Waals surface area contributed by atoms with Crippen LogP contribution in [0.4, 0.5) is 23.7 Å². The number of hydrogen-bond acceptors (Lipinski definition) is 8. The number of alkyl carbamates (subject to hydrolysis) is 1. The van der Waals surface area contributed by atoms with E-state index in [1.807, 2.05) is 25.5 Å². The molecule has 0 spiro atoms. The topological polar surface area (TPSA) is 123 Å². The van der Waals surface area contributed by atoms with Gasteiger partial charge in [0.25, 0.3) is 10.0 Å². The van der Waals surface area contributed by atoms with Crippen molar-refractivity contribution in [1.29, 1.82) is 0 Å². The van der Waals surface area contributed by atoms with Crippen molar-refractivity contribution in [2.24, 2.45) is 0 Å². The van der Waals surface area contributed by atoms with Crippen LogP contribution in [0.3, 0.4) is 0 Å². The first-order valence-electron chi connectivity index (χ1n) is 14.0. The number of sulfonamides is 1. The van der Waals surface area contributed by atoms with Crippen LogP contribution in [-0.2, 0) is 26.6 Å². The second-order valence-electron chi connectivity index (χ2n) is 12.2. The van der Waals surface area contributed by atoms with Gasteiger partial charge in [0.15, 0.2) is 5.82 Å². The molecule has 2 N–H and O–H groups in total. The van der Waals surface area contributed by atoms with Crippen molar-refractivity contribution >= 4 is 33.1 Å². The molecule has 4 aromatic rings. The van der Waals surface area contributed by atoms with Gasteiger partial charge in [0.2, 0.25) is 0 Å². The number of anilines is 1. The van der Waals surface area contributed by atoms with Crippen molar-refractivity contribution in [2.45, 2.75) is 70.3 Å². The number of carbonyl (C=O) groups is 1. The lowest BCUT2D eigenvalue weighted by molar-refractivity contribution is 0.0527. The molecule has 9 nitrogen and oxygen atoms in total. The summed E-state index contributed by atoms with van der Waals surface area (Å²) in [5.74, 6) is -2.60. The first-order valence-corrected chi connectivity index (χ1v) is 16.3. The van der Waals surface area contributed by atoms with Gasteiger partial charge in [-0.3, -0.25) is 4.72 Å². The molecule has 1 amide bonds. The first kappa shape index (κ1) is 33.8. The van der Waals surface area contributed by atoms with Crippen LogP contribution in [0.25, 0.3) is 21.8 Å². The Morgan fingerprint density at radius 1 is 1.00 bits per heavy atom. The number of carbonyl (C=O) groups excluding carboxylic acids is 1. The highest BCUT2D eigenvalue weighted by Gasteiger charge is 2.28. The third kappa shape index (κ3) is 8.57. The number of benzene rings is 2. The van der Waals surface area contributed by atoms with E-state index in [1.165, 1.54) is 29.5 Å². The van der Waals surface area contributed by atoms with Crippen molar-refractivity contribution in [2.75, 3.05) is 11.3 Å². The molecule has 0 aliphatic carbocycles. The van der Waals surface area contributed by atoms with Gasteiger partial charge in [0.05, 0.1) is 27.0 Å². The van der Waals surface area contributed by atoms with E-state index >= 15 is 4.39 Å². The highest BCUT2D eigenvalue weighted by molar-refractivity contribution is 7.92. The lowest BCUT2D eigenvalue weighted by atomic mass is 9.98. The Balaban J connectivity index is 1.65. The van der Waals surface area contributed by atoms with Crippen LogP contribution in [0.15, 0.2) is 53.6 Å². The molecule has 4 rings (SSSR count). The van der Waals surface area contributed by atoms with Gasteiger partial charge in [-0.05, 0) is 63.6 Å². The van der Waals surface area contributed by atoms with E-state index in [1.54, 1.807) is 33.0 Å². The molecule has 0 aliphatic rings. The van der Waals surface area contributed by atoms with Crippen molar-refractivity contribution in [3.8, 4) is 21.8 Å². The smallest absolute Gasteiger partial charge is 0.407 e. The predicted molar refractivity (Wildman–Crippen MR) is 167 cm³/mol. The average molecular weight is 662 g/mol. The number of nitrogens with zero attached hydrogens (tertiary/aromatic N) is 3. The van der Waals surface area contributed by atoms with Gasteiger partial charge in [-0.25, -0.2) is 41.3 Å². The van der Waals surface area contributed by atoms with E-state index in [4.69, 9.17) is 9.72 Å². The Bertz CT molecular complexity index is 1820. The van der Waals surface area contributed by atoms with Crippen LogP contribution in [0.5, 0.6) is 0 Å². The third-order valence-corrected chi connectivity index (χ3v) is 9.02. The summed E-state index contributed by atoms with van der Waals surface area (Å²) in [6, 6.07) is 7.72. The number of aromatic nitrogens is 3. The lowest BCUT2D eigenvalue weighted by Crippen LogP contribution is -2.33. The Labute approximate surface area is 264 Å². The Morgan fingerprint density at radius 2 is 1.73 bits per heavy atom. The highest BCUT2D eigenvalue weighted by atomic mass is 32.2. The van der Waals surface area contributed by atoms with Gasteiger partial charge in [-0.1, -0.05) is 26.8 Å². The summed E-state index contributed by atoms with van der Waals surface area (Å²) in [6.45, 7) is 11.5. The molecule has 2 aromatic carbocycles. The molecule has 14 heteroatoms. The second-order valence-corrected chi connectivity index (χ2v) is 14.8. The van der Waals surface area contributed by atoms with Crippen molar-refractivity contribution in [3.63, 3.8) is 0 Å². The molecule has 2 aromatic heterocycles. The predicted octanol–water partition coefficient (Wildman–Crippen LogP) is 7.24. The maximum atomic E-state index is 16.0. The average Bonchev–Trinajstić information content (AvgIpc) is 3.39. The third-order valence-electron chi connectivity index (χ3n) is 6.13. The Morgan fingerprint density at radius 3 is 2.42 bits per heavy atom. The van der Waals surface area contributed by atoms with E-state index in [0.29, 0.717) is 52.9 Å². The number of rotatable bonds is 9. The summed E-state index contributed by atoms with van der Waals surface area (Å²) in [4.78, 5) is 25.2. The van der Waals surface area contributed by atoms with E-state index in [-0.39, 0.29) is 11.3 Å². The summed E-state index contributed by atoms with van der Waals surface area (Å²) in [6.07, 6.45) is 2.03. The summed E-state index contributed by atoms with van der Waals surface area (Å²) in [5, 5.41) is 3.38. The maximum Gasteiger partial charge on any atom is 0.407 e. The number of amides is 1. The molecule has 45 heavy (non-hydrogen) atoms. The van der Waals surface area contributed by atoms with E-state index in [0.717, 1.165) is 6.07 Å². The van der Waals surface area contributed by atoms with E-state index in [2.05, 4.69) is 15.3 Å². The molecular formula is C31H34F3N5O4S2. The van der Waals surface area contributed by atoms with Gasteiger partial charge < -0.3 is 10.1 Å². The molecule has 0 bridgehead atoms. The Hall–Kier alpha value is -4.04. The molecule has 0 radical (unpaired) electrons. The number of nitrogens with one attached hydrogen (secondary N) is 2. The zero-order chi connectivity index (χ0) is 33.2. The van der Waals surface area contributed by atoms with Gasteiger partial charge in [-0.15, -0.1) is 11.3 Å². The van der Waals surface area contributed by atoms with Crippen LogP contribution >= 0.6 is 11.3 Å². The second kappa shape index (κ2) is 13.1. The van der Waals surface area contributed by atoms with Crippen LogP contribution in [-0.4, -0.2) is 41.6 Å². The summed E-state index contributed by atoms with van der Waals surface area (Å²) >= 11 is 1.32. The quantitative estimate of drug-likeness (QED) is 0.181.